The number of aromatic nitrogens is 3. The van der Waals surface area contributed by atoms with Gasteiger partial charge in [0.1, 0.15) is 14.5 Å². The number of carbonyl (C=O) groups is 2. The Morgan fingerprint density at radius 3 is 2.72 bits per heavy atom. The number of carbonyl (C=O) groups excluding carboxylic acids is 1. The van der Waals surface area contributed by atoms with Gasteiger partial charge in [-0.15, -0.1) is 0 Å². The van der Waals surface area contributed by atoms with Gasteiger partial charge in [-0.05, 0) is 137 Å². The van der Waals surface area contributed by atoms with Gasteiger partial charge < -0.3 is 25.2 Å². The number of methoxy groups -OCH3 is 1. The summed E-state index contributed by atoms with van der Waals surface area (Å²) in [5, 5.41) is 29.3. The van der Waals surface area contributed by atoms with Crippen LogP contribution in [0.3, 0.4) is 0 Å². The van der Waals surface area contributed by atoms with Crippen molar-refractivity contribution >= 4 is 53.2 Å². The number of anilines is 1. The summed E-state index contributed by atoms with van der Waals surface area (Å²) in [6.45, 7) is 6.17. The summed E-state index contributed by atoms with van der Waals surface area (Å²) < 4.78 is 10.7. The first-order chi connectivity index (χ1) is 25.4. The van der Waals surface area contributed by atoms with Gasteiger partial charge in [-0.2, -0.15) is 5.10 Å². The number of amides is 1. The van der Waals surface area contributed by atoms with E-state index in [4.69, 9.17) is 14.8 Å². The van der Waals surface area contributed by atoms with Gasteiger partial charge in [0.15, 0.2) is 5.69 Å². The van der Waals surface area contributed by atoms with Crippen LogP contribution in [-0.2, 0) is 24.2 Å². The van der Waals surface area contributed by atoms with Crippen LogP contribution < -0.4 is 10.2 Å². The molecule has 7 aliphatic rings. The van der Waals surface area contributed by atoms with Crippen molar-refractivity contribution in [2.75, 3.05) is 18.6 Å². The number of nitrogens with zero attached hydrogens (tertiary/aromatic N) is 4. The lowest BCUT2D eigenvalue weighted by Gasteiger charge is -2.65. The summed E-state index contributed by atoms with van der Waals surface area (Å²) >= 11 is 1.15. The highest BCUT2D eigenvalue weighted by atomic mass is 127. The summed E-state index contributed by atoms with van der Waals surface area (Å²) in [6, 6.07) is 15.2. The third-order valence-electron chi connectivity index (χ3n) is 13.3. The lowest BCUT2D eigenvalue weighted by atomic mass is 9.43. The normalized spacial score (nSPS) is 30.2. The van der Waals surface area contributed by atoms with Gasteiger partial charge in [0.05, 0.1) is 11.8 Å². The van der Waals surface area contributed by atoms with Gasteiger partial charge in [-0.25, -0.2) is 9.78 Å². The Bertz CT molecular complexity index is 2300. The minimum atomic E-state index is -1.10. The zero-order valence-electron chi connectivity index (χ0n) is 30.0. The van der Waals surface area contributed by atoms with Crippen LogP contribution >= 0.6 is 32.5 Å². The highest BCUT2D eigenvalue weighted by Gasteiger charge is 2.78. The van der Waals surface area contributed by atoms with Gasteiger partial charge in [-0.3, -0.25) is 9.48 Å². The predicted octanol–water partition coefficient (Wildman–Crippen LogP) is 7.36. The molecule has 1 amide bonds. The number of hydrogen-bond donors (Lipinski definition) is 3. The van der Waals surface area contributed by atoms with Crippen molar-refractivity contribution in [3.8, 4) is 16.9 Å². The van der Waals surface area contributed by atoms with Gasteiger partial charge in [0.25, 0.3) is 5.91 Å². The number of aromatic hydroxyl groups is 1. The van der Waals surface area contributed by atoms with E-state index < -0.39 is 26.7 Å². The van der Waals surface area contributed by atoms with E-state index in [0.717, 1.165) is 44.7 Å². The number of thioether (sulfide) groups is 1. The molecule has 12 heteroatoms. The molecule has 5 saturated carbocycles. The molecule has 5 fully saturated rings. The van der Waals surface area contributed by atoms with Gasteiger partial charge in [0, 0.05) is 63.2 Å². The van der Waals surface area contributed by atoms with E-state index in [1.165, 1.54) is 34.1 Å². The number of fused-ring (bicyclic) bond motifs is 2. The third-order valence-corrected chi connectivity index (χ3v) is 18.0. The molecule has 10 nitrogen and oxygen atoms in total. The van der Waals surface area contributed by atoms with Crippen molar-refractivity contribution in [2.45, 2.75) is 82.4 Å². The molecule has 2 aliphatic heterocycles. The number of pyridine rings is 1. The van der Waals surface area contributed by atoms with Gasteiger partial charge >= 0.3 is 5.97 Å². The highest BCUT2D eigenvalue weighted by molar-refractivity contribution is 14.2. The van der Waals surface area contributed by atoms with Crippen LogP contribution in [0.15, 0.2) is 59.6 Å². The monoisotopic (exact) mass is 843 g/mol. The smallest absolute Gasteiger partial charge is 0.355 e. The second-order valence-corrected chi connectivity index (χ2v) is 21.4. The van der Waals surface area contributed by atoms with Crippen molar-refractivity contribution < 1.29 is 24.5 Å². The number of benzene rings is 2. The maximum atomic E-state index is 13.7. The highest BCUT2D eigenvalue weighted by Crippen LogP contribution is 2.84. The molecular weight excluding hydrogens is 801 g/mol. The lowest BCUT2D eigenvalue weighted by molar-refractivity contribution is -0.215. The minimum absolute atomic E-state index is 0.0234. The fraction of sp³-hybridized carbons (Fsp3) is 0.439. The SMILES string of the molecule is COC12CC3(C)CC4(CC4C(Cn4ncc(-c5ccc(N6CCc7c(O)ccc(C(=O)NC8=Ic9ccccc9S8)c7C6)nc5C(=O)O)c4C)(C3)C1)C2. The number of carboxylic acid groups (broad SMARTS) is 1. The van der Waals surface area contributed by atoms with E-state index in [1.807, 2.05) is 49.4 Å². The number of rotatable bonds is 8. The summed E-state index contributed by atoms with van der Waals surface area (Å²) in [6.07, 6.45) is 9.50. The molecule has 1 spiro atoms. The van der Waals surface area contributed by atoms with Crippen LogP contribution in [0.4, 0.5) is 5.82 Å². The number of halogens is 1. The average Bonchev–Trinajstić information content (AvgIpc) is 3.50. The molecule has 3 N–H and O–H groups in total. The van der Waals surface area contributed by atoms with E-state index in [9.17, 15) is 19.8 Å². The molecule has 4 heterocycles. The van der Waals surface area contributed by atoms with Crippen molar-refractivity contribution in [3.05, 3.63) is 86.4 Å². The number of carboxylic acids is 1. The summed E-state index contributed by atoms with van der Waals surface area (Å²) in [4.78, 5) is 34.4. The Hall–Kier alpha value is -3.75. The number of aromatic carboxylic acids is 1. The molecule has 4 bridgehead atoms. The Morgan fingerprint density at radius 2 is 1.91 bits per heavy atom. The van der Waals surface area contributed by atoms with Crippen LogP contribution in [-0.4, -0.2) is 59.1 Å². The molecule has 0 saturated heterocycles. The molecule has 5 atom stereocenters. The largest absolute Gasteiger partial charge is 0.508 e. The van der Waals surface area contributed by atoms with Crippen molar-refractivity contribution in [1.82, 2.24) is 20.1 Å². The number of nitrogens with one attached hydrogen (secondary N) is 1. The lowest BCUT2D eigenvalue weighted by Crippen LogP contribution is -2.61. The fourth-order valence-corrected chi connectivity index (χ4v) is 16.4. The topological polar surface area (TPSA) is 130 Å². The maximum Gasteiger partial charge on any atom is 0.355 e. The maximum absolute atomic E-state index is 13.7. The van der Waals surface area contributed by atoms with Crippen LogP contribution in [0.1, 0.15) is 83.1 Å². The molecule has 5 unspecified atom stereocenters. The summed E-state index contributed by atoms with van der Waals surface area (Å²) in [5.74, 6) is 0.0889. The fourth-order valence-electron chi connectivity index (χ4n) is 11.8. The Kier molecular flexibility index (Phi) is 7.41. The average molecular weight is 844 g/mol. The first kappa shape index (κ1) is 33.8. The van der Waals surface area contributed by atoms with Crippen molar-refractivity contribution in [2.24, 2.45) is 22.2 Å². The second-order valence-electron chi connectivity index (χ2n) is 16.9. The van der Waals surface area contributed by atoms with Crippen LogP contribution in [0.5, 0.6) is 5.75 Å². The standard InChI is InChI=1S/C41H42IN5O5S/c1-23-27(15-43-47(23)22-40-18-38(2)17-39(14-32(39)40)20-41(19-38,21-40)52-3)25-9-11-33(44-34(25)36(50)51)46-13-12-24-28(16-46)26(8-10-30(24)48)35(49)45-37-42-29-6-4-5-7-31(29)53-37/h4-11,15,32,48H,12-14,16-22H2,1-3H3,(H,45,49)(H,50,51). The zero-order valence-corrected chi connectivity index (χ0v) is 33.0. The predicted molar refractivity (Wildman–Crippen MR) is 211 cm³/mol. The minimum Gasteiger partial charge on any atom is -0.508 e. The first-order valence-electron chi connectivity index (χ1n) is 18.4. The van der Waals surface area contributed by atoms with Gasteiger partial charge in [-0.1, -0.05) is 30.8 Å². The molecule has 53 heavy (non-hydrogen) atoms. The van der Waals surface area contributed by atoms with E-state index in [0.29, 0.717) is 53.2 Å². The van der Waals surface area contributed by atoms with Crippen molar-refractivity contribution in [1.29, 1.82) is 0 Å². The second kappa shape index (κ2) is 11.6. The molecular formula is C41H42IN5O5S. The molecule has 2 aromatic carbocycles. The summed E-state index contributed by atoms with van der Waals surface area (Å²) in [7, 11) is 1.90. The van der Waals surface area contributed by atoms with Crippen LogP contribution in [0.2, 0.25) is 0 Å². The first-order valence-corrected chi connectivity index (χ1v) is 21.4. The Balaban J connectivity index is 0.919. The Labute approximate surface area is 322 Å². The van der Waals surface area contributed by atoms with Crippen molar-refractivity contribution in [3.63, 3.8) is 0 Å². The molecule has 274 valence electrons. The quantitative estimate of drug-likeness (QED) is 0.156. The zero-order chi connectivity index (χ0) is 36.5. The van der Waals surface area contributed by atoms with E-state index >= 15 is 0 Å². The van der Waals surface area contributed by atoms with Crippen LogP contribution in [0, 0.1) is 32.7 Å². The molecule has 2 aromatic heterocycles. The molecule has 11 rings (SSSR count). The molecule has 5 aliphatic carbocycles. The van der Waals surface area contributed by atoms with Gasteiger partial charge in [0.2, 0.25) is 0 Å². The number of phenols is 1. The van der Waals surface area contributed by atoms with E-state index in [1.54, 1.807) is 23.9 Å². The summed E-state index contributed by atoms with van der Waals surface area (Å²) in [5.41, 5.74) is 5.05. The van der Waals surface area contributed by atoms with Crippen LogP contribution in [0.25, 0.3) is 11.1 Å². The molecule has 0 radical (unpaired) electrons. The third kappa shape index (κ3) is 5.25. The van der Waals surface area contributed by atoms with E-state index in [2.05, 4.69) is 29.1 Å². The number of ether oxygens (including phenoxy) is 1. The Morgan fingerprint density at radius 1 is 1.06 bits per heavy atom. The number of hydrogen-bond acceptors (Lipinski definition) is 8. The molecule has 4 aromatic rings. The van der Waals surface area contributed by atoms with E-state index in [-0.39, 0.29) is 28.4 Å². The number of phenolic OH excluding ortho intramolecular Hbond substituents is 1.